The minimum atomic E-state index is 0.235. The van der Waals surface area contributed by atoms with Crippen molar-refractivity contribution < 1.29 is 4.79 Å². The van der Waals surface area contributed by atoms with Crippen molar-refractivity contribution in [1.29, 1.82) is 0 Å². The predicted octanol–water partition coefficient (Wildman–Crippen LogP) is 2.37. The number of nitrogens with zero attached hydrogens (tertiary/aromatic N) is 2. The standard InChI is InChI=1S/C15H23N3OS/c16-13-5-1-3-11(13)9-14(19)18-7-2-4-12(10-18)15-17-6-8-20-15/h6,8,11-13H,1-5,7,9-10,16H2/t11-,12?,13+/m0/s1. The first-order valence-electron chi connectivity index (χ1n) is 7.67. The molecular weight excluding hydrogens is 270 g/mol. The number of likely N-dealkylation sites (tertiary alicyclic amines) is 1. The van der Waals surface area contributed by atoms with Crippen LogP contribution in [0.1, 0.15) is 49.5 Å². The smallest absolute Gasteiger partial charge is 0.222 e. The summed E-state index contributed by atoms with van der Waals surface area (Å²) in [6, 6.07) is 0.235. The third-order valence-corrected chi connectivity index (χ3v) is 5.67. The average Bonchev–Trinajstić information content (AvgIpc) is 3.12. The number of carbonyl (C=O) groups is 1. The van der Waals surface area contributed by atoms with Crippen LogP contribution in [0.3, 0.4) is 0 Å². The van der Waals surface area contributed by atoms with Crippen molar-refractivity contribution in [2.45, 2.75) is 50.5 Å². The van der Waals surface area contributed by atoms with Crippen LogP contribution in [-0.2, 0) is 4.79 Å². The topological polar surface area (TPSA) is 59.2 Å². The molecule has 2 heterocycles. The Morgan fingerprint density at radius 3 is 3.00 bits per heavy atom. The molecule has 2 fully saturated rings. The first kappa shape index (κ1) is 14.0. The number of piperidine rings is 1. The number of amides is 1. The molecule has 1 aliphatic carbocycles. The van der Waals surface area contributed by atoms with E-state index in [0.717, 1.165) is 38.8 Å². The highest BCUT2D eigenvalue weighted by molar-refractivity contribution is 7.09. The molecule has 4 nitrogen and oxygen atoms in total. The van der Waals surface area contributed by atoms with Gasteiger partial charge in [0.25, 0.3) is 0 Å². The Morgan fingerprint density at radius 1 is 1.40 bits per heavy atom. The number of rotatable bonds is 3. The molecule has 2 aliphatic rings. The minimum absolute atomic E-state index is 0.235. The second-order valence-corrected chi connectivity index (χ2v) is 7.03. The Labute approximate surface area is 124 Å². The Bertz CT molecular complexity index is 448. The normalized spacial score (nSPS) is 30.6. The molecule has 3 atom stereocenters. The van der Waals surface area contributed by atoms with Gasteiger partial charge in [-0.1, -0.05) is 6.42 Å². The van der Waals surface area contributed by atoms with E-state index in [-0.39, 0.29) is 6.04 Å². The van der Waals surface area contributed by atoms with Crippen molar-refractivity contribution in [3.63, 3.8) is 0 Å². The summed E-state index contributed by atoms with van der Waals surface area (Å²) >= 11 is 1.71. The van der Waals surface area contributed by atoms with E-state index in [9.17, 15) is 4.79 Å². The SMILES string of the molecule is N[C@@H]1CCC[C@H]1CC(=O)N1CCCC(c2nccs2)C1. The number of hydrogen-bond acceptors (Lipinski definition) is 4. The average molecular weight is 293 g/mol. The van der Waals surface area contributed by atoms with Crippen LogP contribution < -0.4 is 5.73 Å². The van der Waals surface area contributed by atoms with Gasteiger partial charge in [0.1, 0.15) is 0 Å². The van der Waals surface area contributed by atoms with Gasteiger partial charge in [-0.2, -0.15) is 0 Å². The van der Waals surface area contributed by atoms with Crippen molar-refractivity contribution in [2.75, 3.05) is 13.1 Å². The molecule has 110 valence electrons. The summed E-state index contributed by atoms with van der Waals surface area (Å²) in [5.41, 5.74) is 6.08. The van der Waals surface area contributed by atoms with E-state index in [1.807, 2.05) is 16.5 Å². The van der Waals surface area contributed by atoms with Gasteiger partial charge in [0.05, 0.1) is 5.01 Å². The lowest BCUT2D eigenvalue weighted by Crippen LogP contribution is -2.41. The molecule has 5 heteroatoms. The van der Waals surface area contributed by atoms with Gasteiger partial charge >= 0.3 is 0 Å². The van der Waals surface area contributed by atoms with E-state index in [1.165, 1.54) is 11.4 Å². The van der Waals surface area contributed by atoms with Crippen molar-refractivity contribution in [2.24, 2.45) is 11.7 Å². The van der Waals surface area contributed by atoms with Crippen LogP contribution >= 0.6 is 11.3 Å². The zero-order valence-electron chi connectivity index (χ0n) is 11.8. The minimum Gasteiger partial charge on any atom is -0.342 e. The lowest BCUT2D eigenvalue weighted by molar-refractivity contribution is -0.133. The van der Waals surface area contributed by atoms with Gasteiger partial charge in [0.15, 0.2) is 0 Å². The van der Waals surface area contributed by atoms with E-state index in [4.69, 9.17) is 5.73 Å². The van der Waals surface area contributed by atoms with Crippen LogP contribution in [-0.4, -0.2) is 34.9 Å². The van der Waals surface area contributed by atoms with Crippen molar-refractivity contribution in [3.05, 3.63) is 16.6 Å². The monoisotopic (exact) mass is 293 g/mol. The largest absolute Gasteiger partial charge is 0.342 e. The maximum atomic E-state index is 12.5. The Hall–Kier alpha value is -0.940. The molecule has 2 N–H and O–H groups in total. The number of nitrogens with two attached hydrogens (primary N) is 1. The van der Waals surface area contributed by atoms with Crippen LogP contribution in [0, 0.1) is 5.92 Å². The van der Waals surface area contributed by atoms with E-state index < -0.39 is 0 Å². The van der Waals surface area contributed by atoms with E-state index in [2.05, 4.69) is 4.98 Å². The van der Waals surface area contributed by atoms with Crippen molar-refractivity contribution in [1.82, 2.24) is 9.88 Å². The van der Waals surface area contributed by atoms with Gasteiger partial charge in [-0.25, -0.2) is 4.98 Å². The van der Waals surface area contributed by atoms with E-state index in [1.54, 1.807) is 11.3 Å². The zero-order chi connectivity index (χ0) is 13.9. The predicted molar refractivity (Wildman–Crippen MR) is 80.6 cm³/mol. The third kappa shape index (κ3) is 3.04. The Morgan fingerprint density at radius 2 is 2.30 bits per heavy atom. The Balaban J connectivity index is 1.57. The highest BCUT2D eigenvalue weighted by Gasteiger charge is 2.30. The first-order valence-corrected chi connectivity index (χ1v) is 8.54. The molecule has 0 spiro atoms. The molecule has 1 aliphatic heterocycles. The molecule has 1 unspecified atom stereocenters. The summed E-state index contributed by atoms with van der Waals surface area (Å²) in [5.74, 6) is 1.14. The van der Waals surface area contributed by atoms with Gasteiger partial charge in [-0.3, -0.25) is 4.79 Å². The fourth-order valence-corrected chi connectivity index (χ4v) is 4.28. The lowest BCUT2D eigenvalue weighted by atomic mass is 9.95. The van der Waals surface area contributed by atoms with Crippen molar-refractivity contribution >= 4 is 17.2 Å². The highest BCUT2D eigenvalue weighted by atomic mass is 32.1. The third-order valence-electron chi connectivity index (χ3n) is 4.73. The maximum absolute atomic E-state index is 12.5. The summed E-state index contributed by atoms with van der Waals surface area (Å²) in [4.78, 5) is 18.9. The van der Waals surface area contributed by atoms with Gasteiger partial charge < -0.3 is 10.6 Å². The van der Waals surface area contributed by atoms with Gasteiger partial charge in [-0.05, 0) is 31.6 Å². The summed E-state index contributed by atoms with van der Waals surface area (Å²) in [5, 5.41) is 3.20. The van der Waals surface area contributed by atoms with Crippen LogP contribution in [0.25, 0.3) is 0 Å². The zero-order valence-corrected chi connectivity index (χ0v) is 12.6. The van der Waals surface area contributed by atoms with Gasteiger partial charge in [-0.15, -0.1) is 11.3 Å². The summed E-state index contributed by atoms with van der Waals surface area (Å²) < 4.78 is 0. The van der Waals surface area contributed by atoms with Crippen LogP contribution in [0.15, 0.2) is 11.6 Å². The fourth-order valence-electron chi connectivity index (χ4n) is 3.51. The Kier molecular flexibility index (Phi) is 4.36. The molecule has 0 aromatic carbocycles. The van der Waals surface area contributed by atoms with Gasteiger partial charge in [0.2, 0.25) is 5.91 Å². The molecule has 0 radical (unpaired) electrons. The number of aromatic nitrogens is 1. The fraction of sp³-hybridized carbons (Fsp3) is 0.733. The van der Waals surface area contributed by atoms with E-state index in [0.29, 0.717) is 24.2 Å². The van der Waals surface area contributed by atoms with Crippen LogP contribution in [0.5, 0.6) is 0 Å². The van der Waals surface area contributed by atoms with Gasteiger partial charge in [0, 0.05) is 43.0 Å². The molecule has 3 rings (SSSR count). The second-order valence-electron chi connectivity index (χ2n) is 6.11. The lowest BCUT2D eigenvalue weighted by Gasteiger charge is -2.33. The summed E-state index contributed by atoms with van der Waals surface area (Å²) in [6.07, 6.45) is 8.13. The molecule has 1 aromatic heterocycles. The number of thiazole rings is 1. The van der Waals surface area contributed by atoms with Crippen LogP contribution in [0.2, 0.25) is 0 Å². The maximum Gasteiger partial charge on any atom is 0.222 e. The van der Waals surface area contributed by atoms with Crippen LogP contribution in [0.4, 0.5) is 0 Å². The highest BCUT2D eigenvalue weighted by Crippen LogP contribution is 2.31. The second kappa shape index (κ2) is 6.22. The molecule has 1 saturated heterocycles. The first-order chi connectivity index (χ1) is 9.74. The summed E-state index contributed by atoms with van der Waals surface area (Å²) in [6.45, 7) is 1.75. The molecule has 20 heavy (non-hydrogen) atoms. The molecule has 1 amide bonds. The number of hydrogen-bond donors (Lipinski definition) is 1. The molecule has 0 bridgehead atoms. The van der Waals surface area contributed by atoms with Crippen molar-refractivity contribution in [3.8, 4) is 0 Å². The summed E-state index contributed by atoms with van der Waals surface area (Å²) in [7, 11) is 0. The van der Waals surface area contributed by atoms with E-state index >= 15 is 0 Å². The quantitative estimate of drug-likeness (QED) is 0.930. The molecular formula is C15H23N3OS. The molecule has 1 aromatic rings. The number of carbonyl (C=O) groups excluding carboxylic acids is 1. The molecule has 1 saturated carbocycles.